The number of thiocarbonyl (C=S) groups is 1. The van der Waals surface area contributed by atoms with E-state index in [1.807, 2.05) is 0 Å². The van der Waals surface area contributed by atoms with E-state index in [4.69, 9.17) is 18.0 Å². The van der Waals surface area contributed by atoms with Crippen LogP contribution in [0.25, 0.3) is 0 Å². The molecule has 3 N–H and O–H groups in total. The molecule has 5 heteroatoms. The fourth-order valence-corrected chi connectivity index (χ4v) is 1.79. The van der Waals surface area contributed by atoms with Crippen LogP contribution in [0.3, 0.4) is 0 Å². The predicted octanol–water partition coefficient (Wildman–Crippen LogP) is 0.387. The molecule has 0 spiro atoms. The van der Waals surface area contributed by atoms with Crippen LogP contribution >= 0.6 is 12.2 Å². The molecule has 1 rings (SSSR count). The van der Waals surface area contributed by atoms with Crippen molar-refractivity contribution >= 4 is 23.2 Å². The highest BCUT2D eigenvalue weighted by molar-refractivity contribution is 7.80. The molecule has 0 aromatic rings. The molecule has 84 valence electrons. The van der Waals surface area contributed by atoms with Crippen LogP contribution in [0.1, 0.15) is 19.3 Å². The van der Waals surface area contributed by atoms with Gasteiger partial charge in [0.15, 0.2) is 5.11 Å². The van der Waals surface area contributed by atoms with E-state index in [0.29, 0.717) is 18.2 Å². The van der Waals surface area contributed by atoms with E-state index in [-0.39, 0.29) is 5.91 Å². The lowest BCUT2D eigenvalue weighted by Gasteiger charge is -2.23. The third-order valence-corrected chi connectivity index (χ3v) is 2.74. The predicted molar refractivity (Wildman–Crippen MR) is 64.3 cm³/mol. The molecule has 1 saturated heterocycles. The zero-order valence-electron chi connectivity index (χ0n) is 8.74. The van der Waals surface area contributed by atoms with Crippen LogP contribution in [0.4, 0.5) is 0 Å². The minimum atomic E-state index is -0.406. The highest BCUT2D eigenvalue weighted by Gasteiger charge is 2.26. The van der Waals surface area contributed by atoms with Crippen molar-refractivity contribution in [3.63, 3.8) is 0 Å². The van der Waals surface area contributed by atoms with Crippen LogP contribution < -0.4 is 11.1 Å². The Morgan fingerprint density at radius 1 is 1.73 bits per heavy atom. The Kier molecular flexibility index (Phi) is 4.71. The molecule has 0 aromatic heterocycles. The summed E-state index contributed by atoms with van der Waals surface area (Å²) in [6.45, 7) is 4.81. The molecule has 0 aliphatic carbocycles. The Hall–Kier alpha value is -0.940. The van der Waals surface area contributed by atoms with Crippen LogP contribution in [-0.4, -0.2) is 35.1 Å². The van der Waals surface area contributed by atoms with E-state index >= 15 is 0 Å². The van der Waals surface area contributed by atoms with Gasteiger partial charge in [-0.3, -0.25) is 9.69 Å². The van der Waals surface area contributed by atoms with Crippen LogP contribution in [0.2, 0.25) is 0 Å². The molecule has 1 aliphatic heterocycles. The number of likely N-dealkylation sites (tertiary alicyclic amines) is 1. The first-order valence-corrected chi connectivity index (χ1v) is 5.53. The molecule has 0 bridgehead atoms. The minimum Gasteiger partial charge on any atom is -0.359 e. The molecule has 1 amide bonds. The highest BCUT2D eigenvalue weighted by atomic mass is 32.1. The number of nitrogens with two attached hydrogens (primary N) is 1. The van der Waals surface area contributed by atoms with Crippen molar-refractivity contribution in [2.75, 3.05) is 13.1 Å². The topological polar surface area (TPSA) is 58.4 Å². The number of carbonyl (C=O) groups is 1. The third kappa shape index (κ3) is 3.28. The Bertz CT molecular complexity index is 267. The van der Waals surface area contributed by atoms with Gasteiger partial charge in [0, 0.05) is 13.1 Å². The monoisotopic (exact) mass is 227 g/mol. The molecule has 1 aliphatic rings. The Labute approximate surface area is 95.5 Å². The van der Waals surface area contributed by atoms with E-state index in [1.165, 1.54) is 0 Å². The smallest absolute Gasteiger partial charge is 0.245 e. The third-order valence-electron chi connectivity index (χ3n) is 2.37. The average Bonchev–Trinajstić information content (AvgIpc) is 2.39. The van der Waals surface area contributed by atoms with Gasteiger partial charge in [-0.25, -0.2) is 0 Å². The molecule has 0 saturated carbocycles. The summed E-state index contributed by atoms with van der Waals surface area (Å²) in [4.78, 5) is 13.4. The van der Waals surface area contributed by atoms with E-state index in [9.17, 15) is 4.79 Å². The van der Waals surface area contributed by atoms with Crippen molar-refractivity contribution in [1.82, 2.24) is 10.2 Å². The summed E-state index contributed by atoms with van der Waals surface area (Å²) in [7, 11) is 0. The molecule has 1 fully saturated rings. The maximum Gasteiger partial charge on any atom is 0.245 e. The van der Waals surface area contributed by atoms with E-state index in [2.05, 4.69) is 11.9 Å². The minimum absolute atomic E-state index is 0.0749. The van der Waals surface area contributed by atoms with Gasteiger partial charge in [-0.2, -0.15) is 0 Å². The van der Waals surface area contributed by atoms with Gasteiger partial charge < -0.3 is 11.1 Å². The summed E-state index contributed by atoms with van der Waals surface area (Å²) in [6.07, 6.45) is 4.39. The Morgan fingerprint density at radius 2 is 2.47 bits per heavy atom. The average molecular weight is 227 g/mol. The van der Waals surface area contributed by atoms with E-state index in [0.717, 1.165) is 19.3 Å². The quantitative estimate of drug-likeness (QED) is 0.529. The second-order valence-electron chi connectivity index (χ2n) is 3.57. The maximum atomic E-state index is 11.8. The normalized spacial score (nSPS) is 22.1. The highest BCUT2D eigenvalue weighted by Crippen LogP contribution is 2.10. The Morgan fingerprint density at radius 3 is 3.13 bits per heavy atom. The fourth-order valence-electron chi connectivity index (χ4n) is 1.52. The van der Waals surface area contributed by atoms with Crippen LogP contribution in [0, 0.1) is 0 Å². The lowest BCUT2D eigenvalue weighted by atomic mass is 10.1. The van der Waals surface area contributed by atoms with Crippen LogP contribution in [-0.2, 0) is 4.79 Å². The number of amides is 1. The summed E-state index contributed by atoms with van der Waals surface area (Å²) in [5, 5.41) is 3.40. The van der Waals surface area contributed by atoms with Gasteiger partial charge in [0.25, 0.3) is 0 Å². The standard InChI is InChI=1S/C10H17N3OS/c1-2-6-12-10(15)13-7-4-3-5-8(11)9(13)14/h2,8H,1,3-7,11H2,(H,12,15)/t8-/m0/s1. The number of hydrogen-bond acceptors (Lipinski definition) is 3. The second kappa shape index (κ2) is 5.82. The number of nitrogens with zero attached hydrogens (tertiary/aromatic N) is 1. The van der Waals surface area contributed by atoms with Crippen molar-refractivity contribution in [3.05, 3.63) is 12.7 Å². The molecule has 0 unspecified atom stereocenters. The van der Waals surface area contributed by atoms with Crippen molar-refractivity contribution in [2.45, 2.75) is 25.3 Å². The zero-order chi connectivity index (χ0) is 11.3. The van der Waals surface area contributed by atoms with Gasteiger partial charge in [0.1, 0.15) is 0 Å². The van der Waals surface area contributed by atoms with Gasteiger partial charge in [0.05, 0.1) is 6.04 Å². The second-order valence-corrected chi connectivity index (χ2v) is 3.95. The van der Waals surface area contributed by atoms with E-state index in [1.54, 1.807) is 11.0 Å². The van der Waals surface area contributed by atoms with Crippen molar-refractivity contribution < 1.29 is 4.79 Å². The molecular weight excluding hydrogens is 210 g/mol. The molecule has 15 heavy (non-hydrogen) atoms. The number of rotatable bonds is 2. The largest absolute Gasteiger partial charge is 0.359 e. The molecule has 1 heterocycles. The number of nitrogens with one attached hydrogen (secondary N) is 1. The van der Waals surface area contributed by atoms with Gasteiger partial charge in [0.2, 0.25) is 5.91 Å². The van der Waals surface area contributed by atoms with Crippen molar-refractivity contribution in [3.8, 4) is 0 Å². The van der Waals surface area contributed by atoms with E-state index < -0.39 is 6.04 Å². The lowest BCUT2D eigenvalue weighted by Crippen LogP contribution is -2.49. The Balaban J connectivity index is 2.60. The van der Waals surface area contributed by atoms with Gasteiger partial charge in [-0.15, -0.1) is 6.58 Å². The summed E-state index contributed by atoms with van der Waals surface area (Å²) in [5.74, 6) is -0.0749. The van der Waals surface area contributed by atoms with Crippen LogP contribution in [0.15, 0.2) is 12.7 Å². The van der Waals surface area contributed by atoms with Crippen molar-refractivity contribution in [2.24, 2.45) is 5.73 Å². The fraction of sp³-hybridized carbons (Fsp3) is 0.600. The molecule has 0 radical (unpaired) electrons. The molecule has 0 aromatic carbocycles. The molecule has 1 atom stereocenters. The molecular formula is C10H17N3OS. The summed E-state index contributed by atoms with van der Waals surface area (Å²) >= 11 is 5.12. The summed E-state index contributed by atoms with van der Waals surface area (Å²) in [5.41, 5.74) is 5.74. The number of carbonyl (C=O) groups excluding carboxylic acids is 1. The lowest BCUT2D eigenvalue weighted by molar-refractivity contribution is -0.128. The summed E-state index contributed by atoms with van der Waals surface area (Å²) in [6, 6.07) is -0.406. The van der Waals surface area contributed by atoms with Gasteiger partial charge in [-0.05, 0) is 31.5 Å². The first kappa shape index (κ1) is 12.1. The zero-order valence-corrected chi connectivity index (χ0v) is 9.55. The summed E-state index contributed by atoms with van der Waals surface area (Å²) < 4.78 is 0. The maximum absolute atomic E-state index is 11.8. The van der Waals surface area contributed by atoms with Crippen molar-refractivity contribution in [1.29, 1.82) is 0 Å². The van der Waals surface area contributed by atoms with Gasteiger partial charge in [-0.1, -0.05) is 6.08 Å². The SMILES string of the molecule is C=CCNC(=S)N1CCCC[C@H](N)C1=O. The molecule has 4 nitrogen and oxygen atoms in total. The van der Waals surface area contributed by atoms with Crippen LogP contribution in [0.5, 0.6) is 0 Å². The number of hydrogen-bond donors (Lipinski definition) is 2. The van der Waals surface area contributed by atoms with Gasteiger partial charge >= 0.3 is 0 Å². The first-order chi connectivity index (χ1) is 7.16. The first-order valence-electron chi connectivity index (χ1n) is 5.12.